The summed E-state index contributed by atoms with van der Waals surface area (Å²) in [5.41, 5.74) is 0.650. The number of nitrogens with zero attached hydrogens (tertiary/aromatic N) is 3. The number of aromatic nitrogens is 3. The van der Waals surface area contributed by atoms with E-state index in [2.05, 4.69) is 15.2 Å². The fourth-order valence-corrected chi connectivity index (χ4v) is 3.87. The van der Waals surface area contributed by atoms with E-state index in [-0.39, 0.29) is 17.5 Å². The molecule has 140 valence electrons. The van der Waals surface area contributed by atoms with Crippen molar-refractivity contribution in [2.45, 2.75) is 18.8 Å². The third kappa shape index (κ3) is 3.52. The average molecular weight is 392 g/mol. The minimum absolute atomic E-state index is 0.161. The van der Waals surface area contributed by atoms with Crippen molar-refractivity contribution in [3.05, 3.63) is 57.3 Å². The van der Waals surface area contributed by atoms with Gasteiger partial charge in [0.15, 0.2) is 11.6 Å². The summed E-state index contributed by atoms with van der Waals surface area (Å²) in [5.74, 6) is -2.65. The number of halogens is 2. The molecule has 3 heterocycles. The number of carbonyl (C=O) groups is 1. The molecule has 0 aliphatic carbocycles. The van der Waals surface area contributed by atoms with Crippen LogP contribution >= 0.6 is 11.3 Å². The van der Waals surface area contributed by atoms with Crippen LogP contribution in [-0.4, -0.2) is 39.1 Å². The van der Waals surface area contributed by atoms with Crippen LogP contribution in [0.3, 0.4) is 0 Å². The standard InChI is InChI=1S/C17H14F2N4O3S/c18-11-4-3-9(6-12(11)19)15-20-13(8-27-15)16(24)23-5-1-2-10(7-23)14-21-22-17(25)26-14/h3-4,6,8,10H,1-2,5,7H2,(H,22,25). The molecule has 1 fully saturated rings. The molecule has 4 rings (SSSR count). The molecule has 0 saturated carbocycles. The Morgan fingerprint density at radius 3 is 2.93 bits per heavy atom. The van der Waals surface area contributed by atoms with E-state index in [0.29, 0.717) is 29.6 Å². The maximum absolute atomic E-state index is 13.4. The van der Waals surface area contributed by atoms with Gasteiger partial charge in [0.05, 0.1) is 5.92 Å². The minimum atomic E-state index is -0.963. The predicted octanol–water partition coefficient (Wildman–Crippen LogP) is 2.78. The van der Waals surface area contributed by atoms with Gasteiger partial charge in [-0.3, -0.25) is 4.79 Å². The van der Waals surface area contributed by atoms with Gasteiger partial charge < -0.3 is 9.32 Å². The largest absolute Gasteiger partial charge is 0.434 e. The van der Waals surface area contributed by atoms with E-state index in [0.717, 1.165) is 25.0 Å². The molecule has 2 aromatic heterocycles. The molecule has 0 bridgehead atoms. The molecule has 1 saturated heterocycles. The number of hydrogen-bond acceptors (Lipinski definition) is 6. The van der Waals surface area contributed by atoms with Crippen LogP contribution in [0.1, 0.15) is 35.1 Å². The van der Waals surface area contributed by atoms with Gasteiger partial charge in [-0.05, 0) is 31.0 Å². The molecule has 1 unspecified atom stereocenters. The second kappa shape index (κ2) is 7.03. The number of carbonyl (C=O) groups excluding carboxylic acids is 1. The van der Waals surface area contributed by atoms with Gasteiger partial charge in [-0.15, -0.1) is 16.4 Å². The first-order chi connectivity index (χ1) is 13.0. The van der Waals surface area contributed by atoms with Crippen molar-refractivity contribution in [1.82, 2.24) is 20.1 Å². The molecular weight excluding hydrogens is 378 g/mol. The van der Waals surface area contributed by atoms with E-state index in [1.54, 1.807) is 10.3 Å². The Morgan fingerprint density at radius 2 is 2.19 bits per heavy atom. The van der Waals surface area contributed by atoms with E-state index in [1.807, 2.05) is 0 Å². The lowest BCUT2D eigenvalue weighted by Gasteiger charge is -2.30. The van der Waals surface area contributed by atoms with Crippen LogP contribution < -0.4 is 5.76 Å². The molecule has 7 nitrogen and oxygen atoms in total. The van der Waals surface area contributed by atoms with E-state index in [1.165, 1.54) is 17.4 Å². The van der Waals surface area contributed by atoms with Crippen molar-refractivity contribution < 1.29 is 18.0 Å². The van der Waals surface area contributed by atoms with Crippen LogP contribution in [0.2, 0.25) is 0 Å². The van der Waals surface area contributed by atoms with Crippen LogP contribution in [0.25, 0.3) is 10.6 Å². The van der Waals surface area contributed by atoms with Gasteiger partial charge in [0, 0.05) is 24.0 Å². The lowest BCUT2D eigenvalue weighted by molar-refractivity contribution is 0.0692. The third-order valence-corrected chi connectivity index (χ3v) is 5.29. The number of rotatable bonds is 3. The summed E-state index contributed by atoms with van der Waals surface area (Å²) in [4.78, 5) is 29.8. The van der Waals surface area contributed by atoms with Gasteiger partial charge in [0.1, 0.15) is 10.7 Å². The number of nitrogens with one attached hydrogen (secondary N) is 1. The summed E-state index contributed by atoms with van der Waals surface area (Å²) in [6.07, 6.45) is 1.50. The Kier molecular flexibility index (Phi) is 4.56. The highest BCUT2D eigenvalue weighted by Crippen LogP contribution is 2.28. The summed E-state index contributed by atoms with van der Waals surface area (Å²) < 4.78 is 31.5. The summed E-state index contributed by atoms with van der Waals surface area (Å²) in [7, 11) is 0. The third-order valence-electron chi connectivity index (χ3n) is 4.40. The summed E-state index contributed by atoms with van der Waals surface area (Å²) in [5, 5.41) is 8.10. The Morgan fingerprint density at radius 1 is 1.33 bits per heavy atom. The molecule has 1 aliphatic rings. The number of hydrogen-bond donors (Lipinski definition) is 1. The summed E-state index contributed by atoms with van der Waals surface area (Å²) in [6.45, 7) is 0.923. The first-order valence-corrected chi connectivity index (χ1v) is 9.15. The van der Waals surface area contributed by atoms with Crippen LogP contribution in [0, 0.1) is 11.6 Å². The van der Waals surface area contributed by atoms with Crippen LogP contribution in [-0.2, 0) is 0 Å². The highest BCUT2D eigenvalue weighted by atomic mass is 32.1. The van der Waals surface area contributed by atoms with E-state index >= 15 is 0 Å². The Bertz CT molecular complexity index is 1040. The van der Waals surface area contributed by atoms with Crippen molar-refractivity contribution >= 4 is 17.2 Å². The maximum Gasteiger partial charge on any atom is 0.434 e. The van der Waals surface area contributed by atoms with E-state index in [4.69, 9.17) is 4.42 Å². The molecule has 1 N–H and O–H groups in total. The number of benzene rings is 1. The second-order valence-electron chi connectivity index (χ2n) is 6.21. The molecular formula is C17H14F2N4O3S. The number of likely N-dealkylation sites (tertiary alicyclic amines) is 1. The van der Waals surface area contributed by atoms with Gasteiger partial charge in [-0.2, -0.15) is 0 Å². The zero-order valence-electron chi connectivity index (χ0n) is 13.9. The smallest absolute Gasteiger partial charge is 0.392 e. The zero-order valence-corrected chi connectivity index (χ0v) is 14.8. The van der Waals surface area contributed by atoms with Gasteiger partial charge in [0.2, 0.25) is 5.89 Å². The summed E-state index contributed by atoms with van der Waals surface area (Å²) in [6, 6.07) is 3.50. The van der Waals surface area contributed by atoms with Crippen molar-refractivity contribution in [2.75, 3.05) is 13.1 Å². The van der Waals surface area contributed by atoms with Gasteiger partial charge >= 0.3 is 5.76 Å². The average Bonchev–Trinajstić information content (AvgIpc) is 3.33. The number of piperidine rings is 1. The zero-order chi connectivity index (χ0) is 19.0. The molecule has 3 aromatic rings. The highest BCUT2D eigenvalue weighted by molar-refractivity contribution is 7.13. The van der Waals surface area contributed by atoms with Crippen LogP contribution in [0.15, 0.2) is 32.8 Å². The highest BCUT2D eigenvalue weighted by Gasteiger charge is 2.29. The number of thiazole rings is 1. The first-order valence-electron chi connectivity index (χ1n) is 8.27. The molecule has 1 amide bonds. The van der Waals surface area contributed by atoms with Gasteiger partial charge in [0.25, 0.3) is 5.91 Å². The van der Waals surface area contributed by atoms with E-state index < -0.39 is 17.4 Å². The quantitative estimate of drug-likeness (QED) is 0.740. The molecule has 1 aliphatic heterocycles. The number of amides is 1. The first kappa shape index (κ1) is 17.5. The van der Waals surface area contributed by atoms with E-state index in [9.17, 15) is 18.4 Å². The van der Waals surface area contributed by atoms with Crippen molar-refractivity contribution in [3.8, 4) is 10.6 Å². The Balaban J connectivity index is 1.51. The van der Waals surface area contributed by atoms with Crippen molar-refractivity contribution in [1.29, 1.82) is 0 Å². The lowest BCUT2D eigenvalue weighted by atomic mass is 9.98. The normalized spacial score (nSPS) is 17.3. The van der Waals surface area contributed by atoms with Crippen molar-refractivity contribution in [2.24, 2.45) is 0 Å². The van der Waals surface area contributed by atoms with Crippen LogP contribution in [0.4, 0.5) is 8.78 Å². The van der Waals surface area contributed by atoms with Crippen LogP contribution in [0.5, 0.6) is 0 Å². The van der Waals surface area contributed by atoms with Gasteiger partial charge in [-0.1, -0.05) is 0 Å². The summed E-state index contributed by atoms with van der Waals surface area (Å²) >= 11 is 1.19. The fraction of sp³-hybridized carbons (Fsp3) is 0.294. The maximum atomic E-state index is 13.4. The number of aromatic amines is 1. The monoisotopic (exact) mass is 392 g/mol. The van der Waals surface area contributed by atoms with Crippen molar-refractivity contribution in [3.63, 3.8) is 0 Å². The second-order valence-corrected chi connectivity index (χ2v) is 7.07. The van der Waals surface area contributed by atoms with Gasteiger partial charge in [-0.25, -0.2) is 23.7 Å². The lowest BCUT2D eigenvalue weighted by Crippen LogP contribution is -2.39. The molecule has 1 atom stereocenters. The Hall–Kier alpha value is -2.88. The predicted molar refractivity (Wildman–Crippen MR) is 92.5 cm³/mol. The minimum Gasteiger partial charge on any atom is -0.392 e. The molecule has 27 heavy (non-hydrogen) atoms. The fourth-order valence-electron chi connectivity index (χ4n) is 3.07. The molecule has 0 spiro atoms. The topological polar surface area (TPSA) is 92.1 Å². The molecule has 0 radical (unpaired) electrons. The SMILES string of the molecule is O=C(c1csc(-c2ccc(F)c(F)c2)n1)N1CCCC(c2n[nH]c(=O)o2)C1. The molecule has 1 aromatic carbocycles. The molecule has 10 heteroatoms. The number of H-pyrrole nitrogens is 1. The Labute approximate surface area is 155 Å².